The second-order valence-electron chi connectivity index (χ2n) is 9.27. The Morgan fingerprint density at radius 3 is 2.50 bits per heavy atom. The van der Waals surface area contributed by atoms with Crippen molar-refractivity contribution >= 4 is 17.4 Å². The summed E-state index contributed by atoms with van der Waals surface area (Å²) >= 11 is 0. The van der Waals surface area contributed by atoms with Gasteiger partial charge in [0.1, 0.15) is 0 Å². The number of aryl methyl sites for hydroxylation is 1. The number of piperazine rings is 1. The first-order chi connectivity index (χ1) is 18.0. The van der Waals surface area contributed by atoms with E-state index in [1.165, 1.54) is 24.4 Å². The number of hydrogen-bond acceptors (Lipinski definition) is 5. The molecule has 0 bridgehead atoms. The highest BCUT2D eigenvalue weighted by Crippen LogP contribution is 2.34. The number of aromatic nitrogens is 1. The van der Waals surface area contributed by atoms with E-state index in [2.05, 4.69) is 27.0 Å². The standard InChI is InChI=1S/C28H27F4N5O/c1-18-3-5-21(14-20(18)6-4-19-13-25(29)26(33)34-16-19)27(38)35-23-8-7-22(24(15-23)28(30,31)32)17-37-11-9-36(2)10-12-37/h3,5,7-8,13-16H,9-12,17H2,1-2H3,(H2,33,34)(H,35,38). The van der Waals surface area contributed by atoms with Crippen LogP contribution in [-0.2, 0) is 12.7 Å². The van der Waals surface area contributed by atoms with Crippen LogP contribution in [0.2, 0.25) is 0 Å². The van der Waals surface area contributed by atoms with Gasteiger partial charge in [0.05, 0.1) is 5.56 Å². The third-order valence-corrected chi connectivity index (χ3v) is 6.37. The summed E-state index contributed by atoms with van der Waals surface area (Å²) in [7, 11) is 1.98. The van der Waals surface area contributed by atoms with Crippen molar-refractivity contribution in [2.24, 2.45) is 0 Å². The van der Waals surface area contributed by atoms with Gasteiger partial charge in [-0.3, -0.25) is 9.69 Å². The summed E-state index contributed by atoms with van der Waals surface area (Å²) in [5.74, 6) is 4.17. The molecule has 2 heterocycles. The Kier molecular flexibility index (Phi) is 7.99. The molecule has 2 aromatic carbocycles. The SMILES string of the molecule is Cc1ccc(C(=O)Nc2ccc(CN3CCN(C)CC3)c(C(F)(F)F)c2)cc1C#Cc1cnc(N)c(F)c1. The minimum atomic E-state index is -4.56. The second-order valence-corrected chi connectivity index (χ2v) is 9.27. The van der Waals surface area contributed by atoms with Gasteiger partial charge in [-0.15, -0.1) is 0 Å². The summed E-state index contributed by atoms with van der Waals surface area (Å²) < 4.78 is 55.3. The molecule has 1 aliphatic rings. The van der Waals surface area contributed by atoms with Gasteiger partial charge in [-0.1, -0.05) is 24.0 Å². The molecule has 198 valence electrons. The molecule has 10 heteroatoms. The molecule has 0 aliphatic carbocycles. The van der Waals surface area contributed by atoms with Crippen LogP contribution in [0.5, 0.6) is 0 Å². The largest absolute Gasteiger partial charge is 0.416 e. The number of nitrogens with two attached hydrogens (primary N) is 1. The summed E-state index contributed by atoms with van der Waals surface area (Å²) in [6.45, 7) is 4.95. The highest BCUT2D eigenvalue weighted by Gasteiger charge is 2.34. The molecule has 1 saturated heterocycles. The lowest BCUT2D eigenvalue weighted by atomic mass is 10.0. The molecule has 0 atom stereocenters. The van der Waals surface area contributed by atoms with Crippen molar-refractivity contribution in [3.8, 4) is 11.8 Å². The first-order valence-electron chi connectivity index (χ1n) is 12.0. The topological polar surface area (TPSA) is 74.5 Å². The molecule has 1 aromatic heterocycles. The number of benzene rings is 2. The zero-order valence-electron chi connectivity index (χ0n) is 21.0. The lowest BCUT2D eigenvalue weighted by Gasteiger charge is -2.33. The fraction of sp³-hybridized carbons (Fsp3) is 0.286. The summed E-state index contributed by atoms with van der Waals surface area (Å²) in [6.07, 6.45) is -3.23. The van der Waals surface area contributed by atoms with E-state index in [1.54, 1.807) is 19.1 Å². The number of amides is 1. The van der Waals surface area contributed by atoms with Crippen molar-refractivity contribution < 1.29 is 22.4 Å². The van der Waals surface area contributed by atoms with Gasteiger partial charge in [0.15, 0.2) is 11.6 Å². The number of nitrogens with zero attached hydrogens (tertiary/aromatic N) is 3. The summed E-state index contributed by atoms with van der Waals surface area (Å²) in [4.78, 5) is 20.8. The van der Waals surface area contributed by atoms with Crippen LogP contribution in [0.3, 0.4) is 0 Å². The van der Waals surface area contributed by atoms with Crippen molar-refractivity contribution in [1.82, 2.24) is 14.8 Å². The fourth-order valence-corrected chi connectivity index (χ4v) is 4.06. The number of nitrogen functional groups attached to an aromatic ring is 1. The highest BCUT2D eigenvalue weighted by molar-refractivity contribution is 6.04. The van der Waals surface area contributed by atoms with Gasteiger partial charge in [0.25, 0.3) is 5.91 Å². The Hall–Kier alpha value is -3.94. The lowest BCUT2D eigenvalue weighted by Crippen LogP contribution is -2.44. The van der Waals surface area contributed by atoms with Gasteiger partial charge in [-0.2, -0.15) is 13.2 Å². The maximum Gasteiger partial charge on any atom is 0.416 e. The monoisotopic (exact) mass is 525 g/mol. The number of likely N-dealkylation sites (N-methyl/N-ethyl adjacent to an activating group) is 1. The van der Waals surface area contributed by atoms with Crippen molar-refractivity contribution in [3.05, 3.63) is 87.9 Å². The van der Waals surface area contributed by atoms with E-state index >= 15 is 0 Å². The molecule has 0 spiro atoms. The average molecular weight is 526 g/mol. The first kappa shape index (κ1) is 27.1. The van der Waals surface area contributed by atoms with E-state index in [-0.39, 0.29) is 29.2 Å². The molecule has 6 nitrogen and oxygen atoms in total. The quantitative estimate of drug-likeness (QED) is 0.387. The molecule has 1 fully saturated rings. The van der Waals surface area contributed by atoms with Gasteiger partial charge >= 0.3 is 6.18 Å². The molecule has 0 radical (unpaired) electrons. The van der Waals surface area contributed by atoms with Gasteiger partial charge < -0.3 is 16.0 Å². The highest BCUT2D eigenvalue weighted by atomic mass is 19.4. The van der Waals surface area contributed by atoms with E-state index in [0.717, 1.165) is 30.8 Å². The zero-order valence-corrected chi connectivity index (χ0v) is 21.0. The van der Waals surface area contributed by atoms with E-state index in [9.17, 15) is 22.4 Å². The molecule has 4 rings (SSSR count). The molecular formula is C28H27F4N5O. The van der Waals surface area contributed by atoms with Crippen LogP contribution < -0.4 is 11.1 Å². The summed E-state index contributed by atoms with van der Waals surface area (Å²) in [5.41, 5.74) is 6.62. The number of rotatable bonds is 4. The van der Waals surface area contributed by atoms with Crippen LogP contribution in [0.25, 0.3) is 0 Å². The Bertz CT molecular complexity index is 1400. The molecule has 1 amide bonds. The predicted molar refractivity (Wildman–Crippen MR) is 138 cm³/mol. The van der Waals surface area contributed by atoms with Crippen molar-refractivity contribution in [1.29, 1.82) is 0 Å². The number of halogens is 4. The van der Waals surface area contributed by atoms with Crippen molar-refractivity contribution in [2.45, 2.75) is 19.6 Å². The van der Waals surface area contributed by atoms with E-state index in [1.807, 2.05) is 11.9 Å². The van der Waals surface area contributed by atoms with Crippen molar-refractivity contribution in [3.63, 3.8) is 0 Å². The van der Waals surface area contributed by atoms with Gasteiger partial charge in [-0.25, -0.2) is 9.37 Å². The van der Waals surface area contributed by atoms with Crippen LogP contribution in [0, 0.1) is 24.6 Å². The van der Waals surface area contributed by atoms with E-state index < -0.39 is 23.5 Å². The van der Waals surface area contributed by atoms with Crippen LogP contribution >= 0.6 is 0 Å². The fourth-order valence-electron chi connectivity index (χ4n) is 4.06. The Balaban J connectivity index is 1.53. The molecule has 3 N–H and O–H groups in total. The van der Waals surface area contributed by atoms with E-state index in [0.29, 0.717) is 24.2 Å². The van der Waals surface area contributed by atoms with Gasteiger partial charge in [0, 0.05) is 61.3 Å². The van der Waals surface area contributed by atoms with Crippen LogP contribution in [0.1, 0.15) is 38.2 Å². The third kappa shape index (κ3) is 6.68. The minimum Gasteiger partial charge on any atom is -0.381 e. The van der Waals surface area contributed by atoms with Gasteiger partial charge in [-0.05, 0) is 55.4 Å². The molecular weight excluding hydrogens is 498 g/mol. The van der Waals surface area contributed by atoms with Crippen molar-refractivity contribution in [2.75, 3.05) is 44.3 Å². The zero-order chi connectivity index (χ0) is 27.4. The number of carbonyl (C=O) groups excluding carboxylic acids is 1. The number of anilines is 2. The summed E-state index contributed by atoms with van der Waals surface area (Å²) in [5, 5.41) is 2.56. The molecule has 1 aliphatic heterocycles. The Morgan fingerprint density at radius 1 is 1.08 bits per heavy atom. The second kappa shape index (κ2) is 11.2. The maximum absolute atomic E-state index is 13.9. The third-order valence-electron chi connectivity index (χ3n) is 6.37. The smallest absolute Gasteiger partial charge is 0.381 e. The van der Waals surface area contributed by atoms with Gasteiger partial charge in [0.2, 0.25) is 0 Å². The normalized spacial score (nSPS) is 14.6. The molecule has 38 heavy (non-hydrogen) atoms. The number of hydrogen-bond donors (Lipinski definition) is 2. The lowest BCUT2D eigenvalue weighted by molar-refractivity contribution is -0.138. The number of alkyl halides is 3. The average Bonchev–Trinajstić information content (AvgIpc) is 2.87. The van der Waals surface area contributed by atoms with Crippen LogP contribution in [0.15, 0.2) is 48.7 Å². The minimum absolute atomic E-state index is 0.0427. The predicted octanol–water partition coefficient (Wildman–Crippen LogP) is 4.53. The number of nitrogens with one attached hydrogen (secondary N) is 1. The molecule has 0 saturated carbocycles. The van der Waals surface area contributed by atoms with Crippen LogP contribution in [-0.4, -0.2) is 53.9 Å². The van der Waals surface area contributed by atoms with E-state index in [4.69, 9.17) is 5.73 Å². The Morgan fingerprint density at radius 2 is 1.82 bits per heavy atom. The first-order valence-corrected chi connectivity index (χ1v) is 12.0. The summed E-state index contributed by atoms with van der Waals surface area (Å²) in [6, 6.07) is 9.81. The molecule has 3 aromatic rings. The number of carbonyl (C=O) groups is 1. The molecule has 0 unspecified atom stereocenters. The van der Waals surface area contributed by atoms with Crippen LogP contribution in [0.4, 0.5) is 29.1 Å². The number of pyridine rings is 1. The maximum atomic E-state index is 13.9. The Labute approximate surface area is 218 Å².